The number of rotatable bonds is 8. The molecule has 0 aliphatic heterocycles. The molecule has 0 fully saturated rings. The smallest absolute Gasteiger partial charge is 0.408 e. The SMILES string of the molecule is CCCCC(CC)CNS(=O)(=O)c1ccc2c(c1)oc(=O)n2C. The van der Waals surface area contributed by atoms with E-state index in [1.165, 1.54) is 16.7 Å². The van der Waals surface area contributed by atoms with Gasteiger partial charge in [-0.1, -0.05) is 33.1 Å². The van der Waals surface area contributed by atoms with Crippen LogP contribution in [0.25, 0.3) is 11.1 Å². The van der Waals surface area contributed by atoms with Gasteiger partial charge < -0.3 is 4.42 Å². The second-order valence-corrected chi connectivity index (χ2v) is 7.59. The summed E-state index contributed by atoms with van der Waals surface area (Å²) in [6.45, 7) is 4.62. The molecule has 0 saturated carbocycles. The second kappa shape index (κ2) is 7.31. The van der Waals surface area contributed by atoms with Crippen LogP contribution in [0.4, 0.5) is 0 Å². The highest BCUT2D eigenvalue weighted by Gasteiger charge is 2.18. The Morgan fingerprint density at radius 2 is 2.04 bits per heavy atom. The summed E-state index contributed by atoms with van der Waals surface area (Å²) in [4.78, 5) is 11.6. The number of oxazole rings is 1. The first-order valence-corrected chi connectivity index (χ1v) is 9.46. The zero-order chi connectivity index (χ0) is 17.0. The predicted octanol–water partition coefficient (Wildman–Crippen LogP) is 2.63. The van der Waals surface area contributed by atoms with Crippen LogP contribution in [-0.4, -0.2) is 19.5 Å². The molecule has 7 heteroatoms. The number of benzene rings is 1. The van der Waals surface area contributed by atoms with Crippen LogP contribution >= 0.6 is 0 Å². The normalized spacial score (nSPS) is 13.5. The van der Waals surface area contributed by atoms with E-state index in [1.54, 1.807) is 13.1 Å². The number of aryl methyl sites for hydroxylation is 1. The molecule has 1 N–H and O–H groups in total. The van der Waals surface area contributed by atoms with Crippen molar-refractivity contribution in [2.45, 2.75) is 44.4 Å². The number of nitrogens with zero attached hydrogens (tertiary/aromatic N) is 1. The van der Waals surface area contributed by atoms with Crippen LogP contribution in [0, 0.1) is 5.92 Å². The number of fused-ring (bicyclic) bond motifs is 1. The van der Waals surface area contributed by atoms with Gasteiger partial charge in [0.25, 0.3) is 0 Å². The minimum Gasteiger partial charge on any atom is -0.408 e. The molecule has 1 aromatic carbocycles. The molecule has 1 unspecified atom stereocenters. The number of nitrogens with one attached hydrogen (secondary N) is 1. The summed E-state index contributed by atoms with van der Waals surface area (Å²) in [5.74, 6) is -0.170. The standard InChI is InChI=1S/C16H24N2O4S/c1-4-6-7-12(5-2)11-17-23(20,21)13-8-9-14-15(10-13)22-16(19)18(14)3/h8-10,12,17H,4-7,11H2,1-3H3. The van der Waals surface area contributed by atoms with Crippen molar-refractivity contribution >= 4 is 21.1 Å². The molecule has 0 saturated heterocycles. The van der Waals surface area contributed by atoms with Gasteiger partial charge in [0.1, 0.15) is 0 Å². The molecule has 6 nitrogen and oxygen atoms in total. The highest BCUT2D eigenvalue weighted by molar-refractivity contribution is 7.89. The predicted molar refractivity (Wildman–Crippen MR) is 89.9 cm³/mol. The average Bonchev–Trinajstić information content (AvgIpc) is 2.82. The van der Waals surface area contributed by atoms with Crippen molar-refractivity contribution in [2.24, 2.45) is 13.0 Å². The van der Waals surface area contributed by atoms with Crippen LogP contribution < -0.4 is 10.5 Å². The maximum Gasteiger partial charge on any atom is 0.419 e. The minimum absolute atomic E-state index is 0.115. The molecule has 0 radical (unpaired) electrons. The van der Waals surface area contributed by atoms with Gasteiger partial charge in [0.2, 0.25) is 10.0 Å². The molecule has 2 rings (SSSR count). The summed E-state index contributed by atoms with van der Waals surface area (Å²) in [6, 6.07) is 4.47. The van der Waals surface area contributed by atoms with Crippen LogP contribution in [0.3, 0.4) is 0 Å². The molecule has 0 spiro atoms. The van der Waals surface area contributed by atoms with Crippen LogP contribution in [0.1, 0.15) is 39.5 Å². The van der Waals surface area contributed by atoms with Gasteiger partial charge in [-0.25, -0.2) is 17.9 Å². The first kappa shape index (κ1) is 17.7. The third kappa shape index (κ3) is 4.03. The molecule has 0 aliphatic rings. The molecule has 1 aromatic heterocycles. The fourth-order valence-electron chi connectivity index (χ4n) is 2.54. The van der Waals surface area contributed by atoms with Gasteiger partial charge >= 0.3 is 5.76 Å². The topological polar surface area (TPSA) is 81.3 Å². The van der Waals surface area contributed by atoms with Gasteiger partial charge in [-0.3, -0.25) is 4.57 Å². The summed E-state index contributed by atoms with van der Waals surface area (Å²) in [7, 11) is -2.02. The van der Waals surface area contributed by atoms with Crippen molar-refractivity contribution in [1.82, 2.24) is 9.29 Å². The molecular formula is C16H24N2O4S. The number of unbranched alkanes of at least 4 members (excludes halogenated alkanes) is 1. The first-order chi connectivity index (χ1) is 10.9. The molecule has 0 aliphatic carbocycles. The van der Waals surface area contributed by atoms with Gasteiger partial charge in [-0.2, -0.15) is 0 Å². The average molecular weight is 340 g/mol. The Morgan fingerprint density at radius 3 is 2.70 bits per heavy atom. The number of aromatic nitrogens is 1. The highest BCUT2D eigenvalue weighted by atomic mass is 32.2. The monoisotopic (exact) mass is 340 g/mol. The molecule has 0 bridgehead atoms. The minimum atomic E-state index is -3.61. The summed E-state index contributed by atoms with van der Waals surface area (Å²) in [5, 5.41) is 0. The molecule has 0 amide bonds. The number of hydrogen-bond acceptors (Lipinski definition) is 4. The Bertz CT molecular complexity index is 820. The number of hydrogen-bond donors (Lipinski definition) is 1. The lowest BCUT2D eigenvalue weighted by atomic mass is 10.00. The van der Waals surface area contributed by atoms with Crippen molar-refractivity contribution in [2.75, 3.05) is 6.54 Å². The van der Waals surface area contributed by atoms with Gasteiger partial charge in [0.15, 0.2) is 5.58 Å². The third-order valence-electron chi connectivity index (χ3n) is 4.18. The lowest BCUT2D eigenvalue weighted by molar-refractivity contribution is 0.443. The van der Waals surface area contributed by atoms with Crippen molar-refractivity contribution in [3.8, 4) is 0 Å². The Kier molecular flexibility index (Phi) is 5.64. The largest absolute Gasteiger partial charge is 0.419 e. The van der Waals surface area contributed by atoms with E-state index in [1.807, 2.05) is 0 Å². The fraction of sp³-hybridized carbons (Fsp3) is 0.562. The van der Waals surface area contributed by atoms with Gasteiger partial charge in [-0.15, -0.1) is 0 Å². The third-order valence-corrected chi connectivity index (χ3v) is 5.60. The van der Waals surface area contributed by atoms with Gasteiger partial charge in [0.05, 0.1) is 10.4 Å². The van der Waals surface area contributed by atoms with E-state index in [-0.39, 0.29) is 10.5 Å². The van der Waals surface area contributed by atoms with Crippen molar-refractivity contribution < 1.29 is 12.8 Å². The Labute approximate surface area is 136 Å². The van der Waals surface area contributed by atoms with E-state index >= 15 is 0 Å². The van der Waals surface area contributed by atoms with E-state index in [0.717, 1.165) is 25.7 Å². The Balaban J connectivity index is 2.17. The molecule has 128 valence electrons. The van der Waals surface area contributed by atoms with E-state index in [4.69, 9.17) is 4.42 Å². The van der Waals surface area contributed by atoms with Crippen molar-refractivity contribution in [3.05, 3.63) is 28.7 Å². The maximum atomic E-state index is 12.4. The first-order valence-electron chi connectivity index (χ1n) is 7.98. The van der Waals surface area contributed by atoms with Gasteiger partial charge in [0, 0.05) is 19.7 Å². The second-order valence-electron chi connectivity index (χ2n) is 5.82. The summed E-state index contributed by atoms with van der Waals surface area (Å²) >= 11 is 0. The summed E-state index contributed by atoms with van der Waals surface area (Å²) < 4.78 is 33.9. The lowest BCUT2D eigenvalue weighted by Crippen LogP contribution is -2.29. The number of sulfonamides is 1. The summed E-state index contributed by atoms with van der Waals surface area (Å²) in [5.41, 5.74) is 0.849. The molecule has 1 heterocycles. The van der Waals surface area contributed by atoms with Crippen LogP contribution in [-0.2, 0) is 17.1 Å². The molecular weight excluding hydrogens is 316 g/mol. The van der Waals surface area contributed by atoms with Crippen molar-refractivity contribution in [1.29, 1.82) is 0 Å². The van der Waals surface area contributed by atoms with E-state index in [0.29, 0.717) is 18.0 Å². The van der Waals surface area contributed by atoms with Gasteiger partial charge in [-0.05, 0) is 24.5 Å². The van der Waals surface area contributed by atoms with Crippen LogP contribution in [0.2, 0.25) is 0 Å². The van der Waals surface area contributed by atoms with E-state index in [2.05, 4.69) is 18.6 Å². The Hall–Kier alpha value is -1.60. The molecule has 2 aromatic rings. The zero-order valence-corrected chi connectivity index (χ0v) is 14.6. The highest BCUT2D eigenvalue weighted by Crippen LogP contribution is 2.19. The Morgan fingerprint density at radius 1 is 1.30 bits per heavy atom. The quantitative estimate of drug-likeness (QED) is 0.801. The van der Waals surface area contributed by atoms with Crippen LogP contribution in [0.5, 0.6) is 0 Å². The zero-order valence-electron chi connectivity index (χ0n) is 13.8. The maximum absolute atomic E-state index is 12.4. The van der Waals surface area contributed by atoms with Crippen LogP contribution in [0.15, 0.2) is 32.3 Å². The fourth-order valence-corrected chi connectivity index (χ4v) is 3.67. The van der Waals surface area contributed by atoms with Crippen molar-refractivity contribution in [3.63, 3.8) is 0 Å². The molecule has 1 atom stereocenters. The molecule has 23 heavy (non-hydrogen) atoms. The summed E-state index contributed by atoms with van der Waals surface area (Å²) in [6.07, 6.45) is 4.16. The van der Waals surface area contributed by atoms with E-state index < -0.39 is 15.8 Å². The lowest BCUT2D eigenvalue weighted by Gasteiger charge is -2.15. The van der Waals surface area contributed by atoms with E-state index in [9.17, 15) is 13.2 Å².